The lowest BCUT2D eigenvalue weighted by Gasteiger charge is -2.36. The van der Waals surface area contributed by atoms with Crippen molar-refractivity contribution in [2.75, 3.05) is 36.4 Å². The fourth-order valence-electron chi connectivity index (χ4n) is 4.40. The zero-order chi connectivity index (χ0) is 28.4. The molecule has 0 radical (unpaired) electrons. The molecule has 1 aliphatic rings. The first-order chi connectivity index (χ1) is 18.4. The summed E-state index contributed by atoms with van der Waals surface area (Å²) in [6.07, 6.45) is 0. The van der Waals surface area contributed by atoms with Crippen molar-refractivity contribution in [1.29, 1.82) is 0 Å². The number of carbonyl (C=O) groups is 1. The number of carbonyl (C=O) groups excluding carboxylic acids is 1. The van der Waals surface area contributed by atoms with Crippen LogP contribution in [0.4, 0.5) is 11.4 Å². The standard InChI is InChI=1S/C29H33ClN4O3S2/c1-20-8-14-23(15-9-20)39(36,37)34-18-16-33(17-19-34)26-24(30)6-5-7-25(26)31-28(38)32-27(35)21-10-12-22(13-11-21)29(2,3)4/h5-15H,16-19H2,1-4H3,(H2,31,32,35,38). The zero-order valence-electron chi connectivity index (χ0n) is 22.5. The molecule has 1 heterocycles. The lowest BCUT2D eigenvalue weighted by molar-refractivity contribution is 0.0977. The minimum atomic E-state index is -3.58. The molecule has 1 amide bonds. The molecule has 1 aliphatic heterocycles. The van der Waals surface area contributed by atoms with Crippen LogP contribution in [-0.4, -0.2) is 49.9 Å². The number of hydrogen-bond donors (Lipinski definition) is 2. The highest BCUT2D eigenvalue weighted by Gasteiger charge is 2.30. The van der Waals surface area contributed by atoms with Gasteiger partial charge in [-0.1, -0.05) is 68.3 Å². The maximum absolute atomic E-state index is 13.1. The van der Waals surface area contributed by atoms with E-state index in [9.17, 15) is 13.2 Å². The minimum absolute atomic E-state index is 0.00875. The Morgan fingerprint density at radius 3 is 2.13 bits per heavy atom. The number of piperazine rings is 1. The minimum Gasteiger partial charge on any atom is -0.366 e. The van der Waals surface area contributed by atoms with E-state index in [1.807, 2.05) is 30.0 Å². The monoisotopic (exact) mass is 584 g/mol. The highest BCUT2D eigenvalue weighted by molar-refractivity contribution is 7.89. The van der Waals surface area contributed by atoms with Gasteiger partial charge in [-0.05, 0) is 66.5 Å². The average Bonchev–Trinajstić information content (AvgIpc) is 2.89. The predicted molar refractivity (Wildman–Crippen MR) is 162 cm³/mol. The second-order valence-corrected chi connectivity index (χ2v) is 13.3. The number of rotatable bonds is 5. The van der Waals surface area contributed by atoms with Crippen LogP contribution < -0.4 is 15.5 Å². The first-order valence-corrected chi connectivity index (χ1v) is 14.9. The quantitative estimate of drug-likeness (QED) is 0.381. The Balaban J connectivity index is 1.43. The van der Waals surface area contributed by atoms with Gasteiger partial charge in [-0.3, -0.25) is 10.1 Å². The van der Waals surface area contributed by atoms with E-state index < -0.39 is 10.0 Å². The molecule has 7 nitrogen and oxygen atoms in total. The molecule has 0 spiro atoms. The van der Waals surface area contributed by atoms with Crippen LogP contribution in [0.2, 0.25) is 5.02 Å². The highest BCUT2D eigenvalue weighted by atomic mass is 35.5. The predicted octanol–water partition coefficient (Wildman–Crippen LogP) is 5.58. The Bertz CT molecular complexity index is 1460. The molecule has 4 rings (SSSR count). The van der Waals surface area contributed by atoms with Gasteiger partial charge in [-0.15, -0.1) is 0 Å². The Morgan fingerprint density at radius 1 is 0.923 bits per heavy atom. The largest absolute Gasteiger partial charge is 0.366 e. The molecule has 0 unspecified atom stereocenters. The molecule has 39 heavy (non-hydrogen) atoms. The number of halogens is 1. The van der Waals surface area contributed by atoms with Crippen molar-refractivity contribution >= 4 is 56.2 Å². The highest BCUT2D eigenvalue weighted by Crippen LogP contribution is 2.35. The third-order valence-corrected chi connectivity index (χ3v) is 9.11. The second kappa shape index (κ2) is 11.6. The third-order valence-electron chi connectivity index (χ3n) is 6.69. The molecule has 2 N–H and O–H groups in total. The Kier molecular flexibility index (Phi) is 8.66. The molecule has 1 fully saturated rings. The van der Waals surface area contributed by atoms with Gasteiger partial charge in [0.15, 0.2) is 5.11 Å². The molecule has 0 aliphatic carbocycles. The topological polar surface area (TPSA) is 81.8 Å². The van der Waals surface area contributed by atoms with Gasteiger partial charge in [0, 0.05) is 31.7 Å². The van der Waals surface area contributed by atoms with Gasteiger partial charge in [0.25, 0.3) is 5.91 Å². The van der Waals surface area contributed by atoms with Crippen LogP contribution in [0.25, 0.3) is 0 Å². The van der Waals surface area contributed by atoms with Crippen LogP contribution in [0.1, 0.15) is 42.3 Å². The van der Waals surface area contributed by atoms with Crippen LogP contribution in [0, 0.1) is 6.92 Å². The Labute approximate surface area is 241 Å². The molecular formula is C29H33ClN4O3S2. The van der Waals surface area contributed by atoms with E-state index in [1.54, 1.807) is 48.5 Å². The molecular weight excluding hydrogens is 552 g/mol. The smallest absolute Gasteiger partial charge is 0.257 e. The maximum Gasteiger partial charge on any atom is 0.257 e. The number of amides is 1. The Hall–Kier alpha value is -2.98. The number of thiocarbonyl (C=S) groups is 1. The van der Waals surface area contributed by atoms with Crippen LogP contribution >= 0.6 is 23.8 Å². The fraction of sp³-hybridized carbons (Fsp3) is 0.310. The van der Waals surface area contributed by atoms with E-state index in [4.69, 9.17) is 23.8 Å². The van der Waals surface area contributed by atoms with E-state index in [2.05, 4.69) is 31.4 Å². The van der Waals surface area contributed by atoms with Gasteiger partial charge in [0.2, 0.25) is 10.0 Å². The van der Waals surface area contributed by atoms with Crippen molar-refractivity contribution in [1.82, 2.24) is 9.62 Å². The van der Waals surface area contributed by atoms with Gasteiger partial charge >= 0.3 is 0 Å². The van der Waals surface area contributed by atoms with Gasteiger partial charge in [-0.2, -0.15) is 4.31 Å². The van der Waals surface area contributed by atoms with Crippen molar-refractivity contribution in [3.8, 4) is 0 Å². The van der Waals surface area contributed by atoms with Crippen LogP contribution in [0.15, 0.2) is 71.6 Å². The van der Waals surface area contributed by atoms with E-state index in [0.717, 1.165) is 11.1 Å². The van der Waals surface area contributed by atoms with E-state index in [-0.39, 0.29) is 21.3 Å². The van der Waals surface area contributed by atoms with Gasteiger partial charge < -0.3 is 10.2 Å². The lowest BCUT2D eigenvalue weighted by Crippen LogP contribution is -2.49. The summed E-state index contributed by atoms with van der Waals surface area (Å²) in [4.78, 5) is 15.1. The fourth-order valence-corrected chi connectivity index (χ4v) is 6.32. The molecule has 1 saturated heterocycles. The molecule has 0 atom stereocenters. The van der Waals surface area contributed by atoms with E-state index in [1.165, 1.54) is 4.31 Å². The zero-order valence-corrected chi connectivity index (χ0v) is 24.9. The summed E-state index contributed by atoms with van der Waals surface area (Å²) in [5.74, 6) is -0.313. The number of aryl methyl sites for hydroxylation is 1. The summed E-state index contributed by atoms with van der Waals surface area (Å²) in [5, 5.41) is 6.48. The molecule has 0 aromatic heterocycles. The second-order valence-electron chi connectivity index (χ2n) is 10.6. The van der Waals surface area contributed by atoms with Crippen molar-refractivity contribution in [2.24, 2.45) is 0 Å². The molecule has 3 aromatic rings. The van der Waals surface area contributed by atoms with Crippen molar-refractivity contribution < 1.29 is 13.2 Å². The van der Waals surface area contributed by atoms with Crippen molar-refractivity contribution in [3.05, 3.63) is 88.4 Å². The van der Waals surface area contributed by atoms with Gasteiger partial charge in [0.1, 0.15) is 0 Å². The Morgan fingerprint density at radius 2 is 1.54 bits per heavy atom. The molecule has 10 heteroatoms. The summed E-state index contributed by atoms with van der Waals surface area (Å²) in [5.41, 5.74) is 3.97. The summed E-state index contributed by atoms with van der Waals surface area (Å²) in [6, 6.07) is 19.7. The van der Waals surface area contributed by atoms with Crippen molar-refractivity contribution in [3.63, 3.8) is 0 Å². The number of hydrogen-bond acceptors (Lipinski definition) is 5. The number of nitrogens with one attached hydrogen (secondary N) is 2. The van der Waals surface area contributed by atoms with Crippen LogP contribution in [0.3, 0.4) is 0 Å². The summed E-state index contributed by atoms with van der Waals surface area (Å²) in [7, 11) is -3.58. The van der Waals surface area contributed by atoms with Crippen molar-refractivity contribution in [2.45, 2.75) is 38.0 Å². The number of benzene rings is 3. The summed E-state index contributed by atoms with van der Waals surface area (Å²) < 4.78 is 27.7. The average molecular weight is 585 g/mol. The maximum atomic E-state index is 13.1. The van der Waals surface area contributed by atoms with Crippen LogP contribution in [-0.2, 0) is 15.4 Å². The molecule has 0 saturated carbocycles. The first-order valence-electron chi connectivity index (χ1n) is 12.7. The molecule has 3 aromatic carbocycles. The number of sulfonamides is 1. The number of anilines is 2. The SMILES string of the molecule is Cc1ccc(S(=O)(=O)N2CCN(c3c(Cl)cccc3NC(=S)NC(=O)c3ccc(C(C)(C)C)cc3)CC2)cc1. The van der Waals surface area contributed by atoms with E-state index >= 15 is 0 Å². The number of para-hydroxylation sites is 1. The first kappa shape index (κ1) is 29.0. The number of nitrogens with zero attached hydrogens (tertiary/aromatic N) is 2. The van der Waals surface area contributed by atoms with E-state index in [0.29, 0.717) is 48.1 Å². The molecule has 206 valence electrons. The van der Waals surface area contributed by atoms with Gasteiger partial charge in [-0.25, -0.2) is 8.42 Å². The van der Waals surface area contributed by atoms with Crippen LogP contribution in [0.5, 0.6) is 0 Å². The normalized spacial score (nSPS) is 14.6. The van der Waals surface area contributed by atoms with Gasteiger partial charge in [0.05, 0.1) is 21.3 Å². The molecule has 0 bridgehead atoms. The lowest BCUT2D eigenvalue weighted by atomic mass is 9.87. The summed E-state index contributed by atoms with van der Waals surface area (Å²) in [6.45, 7) is 9.79. The summed E-state index contributed by atoms with van der Waals surface area (Å²) >= 11 is 12.0. The third kappa shape index (κ3) is 6.78.